The lowest BCUT2D eigenvalue weighted by Crippen LogP contribution is -2.46. The van der Waals surface area contributed by atoms with Gasteiger partial charge < -0.3 is 15.8 Å². The zero-order valence-corrected chi connectivity index (χ0v) is 9.49. The van der Waals surface area contributed by atoms with E-state index in [1.54, 1.807) is 13.2 Å². The minimum Gasteiger partial charge on any atom is -0.396 e. The fraction of sp³-hybridized carbons (Fsp3) is 0.600. The predicted octanol–water partition coefficient (Wildman–Crippen LogP) is -0.0889. The van der Waals surface area contributed by atoms with Gasteiger partial charge in [-0.2, -0.15) is 5.10 Å². The summed E-state index contributed by atoms with van der Waals surface area (Å²) in [6.07, 6.45) is 2.42. The number of aromatic nitrogens is 2. The molecule has 0 spiro atoms. The monoisotopic (exact) mass is 224 g/mol. The van der Waals surface area contributed by atoms with Crippen LogP contribution in [0.2, 0.25) is 0 Å². The minimum atomic E-state index is -0.305. The van der Waals surface area contributed by atoms with Crippen molar-refractivity contribution in [3.63, 3.8) is 0 Å². The molecular weight excluding hydrogens is 208 g/mol. The number of hydrogen-bond donors (Lipinski definition) is 2. The first-order valence-electron chi connectivity index (χ1n) is 5.19. The topological polar surface area (TPSA) is 82.2 Å². The molecule has 6 heteroatoms. The molecule has 1 unspecified atom stereocenters. The van der Waals surface area contributed by atoms with Gasteiger partial charge >= 0.3 is 0 Å². The molecule has 6 nitrogen and oxygen atoms in total. The van der Waals surface area contributed by atoms with Crippen molar-refractivity contribution < 1.29 is 9.53 Å². The van der Waals surface area contributed by atoms with Gasteiger partial charge in [-0.25, -0.2) is 0 Å². The summed E-state index contributed by atoms with van der Waals surface area (Å²) in [6, 6.07) is 0. The van der Waals surface area contributed by atoms with E-state index in [0.717, 1.165) is 6.42 Å². The summed E-state index contributed by atoms with van der Waals surface area (Å²) >= 11 is 0. The van der Waals surface area contributed by atoms with Gasteiger partial charge in [0.2, 0.25) is 0 Å². The Morgan fingerprint density at radius 2 is 2.50 bits per heavy atom. The Morgan fingerprint density at radius 3 is 3.00 bits per heavy atom. The zero-order valence-electron chi connectivity index (χ0n) is 9.49. The number of nitrogens with one attached hydrogen (secondary N) is 1. The number of carbonyl (C=O) groups excluding carboxylic acids is 1. The number of nitrogens with two attached hydrogens (primary N) is 1. The number of carbonyl (C=O) groups is 1. The van der Waals surface area contributed by atoms with Crippen LogP contribution in [-0.2, 0) is 11.8 Å². The van der Waals surface area contributed by atoms with Crippen molar-refractivity contribution in [3.05, 3.63) is 11.9 Å². The van der Waals surface area contributed by atoms with Crippen molar-refractivity contribution in [3.8, 4) is 0 Å². The Hall–Kier alpha value is -1.56. The van der Waals surface area contributed by atoms with Crippen LogP contribution in [0.25, 0.3) is 0 Å². The highest BCUT2D eigenvalue weighted by molar-refractivity contribution is 5.97. The molecule has 0 radical (unpaired) electrons. The fourth-order valence-corrected chi connectivity index (χ4v) is 1.78. The minimum absolute atomic E-state index is 0.244. The van der Waals surface area contributed by atoms with E-state index >= 15 is 0 Å². The van der Waals surface area contributed by atoms with E-state index in [1.165, 1.54) is 4.68 Å². The maximum atomic E-state index is 11.9. The van der Waals surface area contributed by atoms with Crippen molar-refractivity contribution in [1.29, 1.82) is 0 Å². The first kappa shape index (κ1) is 10.9. The van der Waals surface area contributed by atoms with E-state index in [-0.39, 0.29) is 17.1 Å². The van der Waals surface area contributed by atoms with Crippen LogP contribution in [-0.4, -0.2) is 34.4 Å². The van der Waals surface area contributed by atoms with E-state index in [2.05, 4.69) is 10.4 Å². The second-order valence-corrected chi connectivity index (χ2v) is 4.42. The number of rotatable bonds is 2. The molecule has 1 aliphatic rings. The Bertz CT molecular complexity index is 407. The van der Waals surface area contributed by atoms with Crippen LogP contribution in [0.1, 0.15) is 23.8 Å². The molecule has 0 aromatic carbocycles. The molecule has 2 heterocycles. The Balaban J connectivity index is 2.11. The van der Waals surface area contributed by atoms with Crippen molar-refractivity contribution >= 4 is 11.6 Å². The molecule has 0 aliphatic carbocycles. The molecule has 1 saturated heterocycles. The third-order valence-electron chi connectivity index (χ3n) is 2.71. The van der Waals surface area contributed by atoms with Crippen LogP contribution >= 0.6 is 0 Å². The number of amides is 1. The van der Waals surface area contributed by atoms with Crippen LogP contribution < -0.4 is 11.1 Å². The lowest BCUT2D eigenvalue weighted by molar-refractivity contribution is 0.0885. The summed E-state index contributed by atoms with van der Waals surface area (Å²) in [5, 5.41) is 6.93. The summed E-state index contributed by atoms with van der Waals surface area (Å²) in [6.45, 7) is 3.16. The van der Waals surface area contributed by atoms with E-state index < -0.39 is 0 Å². The quantitative estimate of drug-likeness (QED) is 0.735. The van der Waals surface area contributed by atoms with Crippen LogP contribution in [0.5, 0.6) is 0 Å². The van der Waals surface area contributed by atoms with Gasteiger partial charge in [-0.3, -0.25) is 9.48 Å². The third-order valence-corrected chi connectivity index (χ3v) is 2.71. The smallest absolute Gasteiger partial charge is 0.274 e. The molecule has 16 heavy (non-hydrogen) atoms. The first-order chi connectivity index (χ1) is 7.50. The van der Waals surface area contributed by atoms with Gasteiger partial charge in [-0.1, -0.05) is 0 Å². The maximum absolute atomic E-state index is 11.9. The SMILES string of the molecule is Cn1cc(N)c(C(=O)NC2(C)CCOC2)n1. The summed E-state index contributed by atoms with van der Waals surface area (Å²) < 4.78 is 6.79. The highest BCUT2D eigenvalue weighted by Crippen LogP contribution is 2.19. The second-order valence-electron chi connectivity index (χ2n) is 4.42. The highest BCUT2D eigenvalue weighted by atomic mass is 16.5. The molecule has 1 amide bonds. The number of nitrogens with zero attached hydrogens (tertiary/aromatic N) is 2. The van der Waals surface area contributed by atoms with Gasteiger partial charge in [0.1, 0.15) is 0 Å². The summed E-state index contributed by atoms with van der Waals surface area (Å²) in [5.41, 5.74) is 6.04. The van der Waals surface area contributed by atoms with Gasteiger partial charge in [0.15, 0.2) is 5.69 Å². The molecule has 1 aromatic heterocycles. The fourth-order valence-electron chi connectivity index (χ4n) is 1.78. The van der Waals surface area contributed by atoms with Crippen molar-refractivity contribution in [2.75, 3.05) is 18.9 Å². The largest absolute Gasteiger partial charge is 0.396 e. The summed E-state index contributed by atoms with van der Waals surface area (Å²) in [4.78, 5) is 11.9. The van der Waals surface area contributed by atoms with Crippen molar-refractivity contribution in [2.24, 2.45) is 7.05 Å². The lowest BCUT2D eigenvalue weighted by atomic mass is 10.0. The summed E-state index contributed by atoms with van der Waals surface area (Å²) in [5.74, 6) is -0.244. The molecule has 1 aromatic rings. The molecule has 1 atom stereocenters. The number of nitrogen functional groups attached to an aromatic ring is 1. The van der Waals surface area contributed by atoms with Crippen LogP contribution in [0.4, 0.5) is 5.69 Å². The molecule has 3 N–H and O–H groups in total. The lowest BCUT2D eigenvalue weighted by Gasteiger charge is -2.22. The normalized spacial score (nSPS) is 24.6. The van der Waals surface area contributed by atoms with Gasteiger partial charge in [0.05, 0.1) is 17.8 Å². The molecule has 1 aliphatic heterocycles. The Labute approximate surface area is 93.8 Å². The van der Waals surface area contributed by atoms with Crippen LogP contribution in [0.15, 0.2) is 6.20 Å². The molecule has 0 bridgehead atoms. The van der Waals surface area contributed by atoms with Crippen LogP contribution in [0, 0.1) is 0 Å². The standard InChI is InChI=1S/C10H16N4O2/c1-10(3-4-16-6-10)12-9(15)8-7(11)5-14(2)13-8/h5H,3-4,6,11H2,1-2H3,(H,12,15). The third kappa shape index (κ3) is 2.01. The number of ether oxygens (including phenoxy) is 1. The average Bonchev–Trinajstić information content (AvgIpc) is 2.73. The molecule has 0 saturated carbocycles. The number of hydrogen-bond acceptors (Lipinski definition) is 4. The molecule has 2 rings (SSSR count). The molecule has 1 fully saturated rings. The molecular formula is C10H16N4O2. The van der Waals surface area contributed by atoms with E-state index in [4.69, 9.17) is 10.5 Å². The van der Waals surface area contributed by atoms with E-state index in [0.29, 0.717) is 18.9 Å². The first-order valence-corrected chi connectivity index (χ1v) is 5.19. The maximum Gasteiger partial charge on any atom is 0.274 e. The van der Waals surface area contributed by atoms with E-state index in [9.17, 15) is 4.79 Å². The predicted molar refractivity (Wildman–Crippen MR) is 58.9 cm³/mol. The van der Waals surface area contributed by atoms with E-state index in [1.807, 2.05) is 6.92 Å². The average molecular weight is 224 g/mol. The zero-order chi connectivity index (χ0) is 11.8. The van der Waals surface area contributed by atoms with Gasteiger partial charge in [-0.15, -0.1) is 0 Å². The van der Waals surface area contributed by atoms with Crippen LogP contribution in [0.3, 0.4) is 0 Å². The Kier molecular flexibility index (Phi) is 2.59. The molecule has 88 valence electrons. The van der Waals surface area contributed by atoms with Crippen molar-refractivity contribution in [1.82, 2.24) is 15.1 Å². The number of anilines is 1. The Morgan fingerprint density at radius 1 is 1.75 bits per heavy atom. The summed E-state index contributed by atoms with van der Waals surface area (Å²) in [7, 11) is 1.73. The van der Waals surface area contributed by atoms with Gasteiger partial charge in [0, 0.05) is 19.9 Å². The van der Waals surface area contributed by atoms with Gasteiger partial charge in [-0.05, 0) is 13.3 Å². The highest BCUT2D eigenvalue weighted by Gasteiger charge is 2.32. The second kappa shape index (κ2) is 3.79. The number of aryl methyl sites for hydroxylation is 1. The van der Waals surface area contributed by atoms with Crippen molar-refractivity contribution in [2.45, 2.75) is 18.9 Å². The van der Waals surface area contributed by atoms with Gasteiger partial charge in [0.25, 0.3) is 5.91 Å².